The zero-order valence-electron chi connectivity index (χ0n) is 7.25. The van der Waals surface area contributed by atoms with Gasteiger partial charge in [0, 0.05) is 0 Å². The Balaban J connectivity index is 2.91. The molecule has 0 fully saturated rings. The van der Waals surface area contributed by atoms with Crippen molar-refractivity contribution in [2.45, 2.75) is 11.9 Å². The Morgan fingerprint density at radius 2 is 1.53 bits per heavy atom. The van der Waals surface area contributed by atoms with Crippen molar-refractivity contribution in [1.82, 2.24) is 0 Å². The van der Waals surface area contributed by atoms with E-state index in [1.165, 1.54) is 0 Å². The van der Waals surface area contributed by atoms with Gasteiger partial charge in [0.1, 0.15) is 5.75 Å². The van der Waals surface area contributed by atoms with Crippen molar-refractivity contribution in [2.24, 2.45) is 0 Å². The van der Waals surface area contributed by atoms with Gasteiger partial charge in [-0.2, -0.15) is 21.6 Å². The molecule has 1 rings (SSSR count). The lowest BCUT2D eigenvalue weighted by Gasteiger charge is -2.06. The highest BCUT2D eigenvalue weighted by molar-refractivity contribution is 7.85. The molecule has 15 heavy (non-hydrogen) atoms. The van der Waals surface area contributed by atoms with Gasteiger partial charge < -0.3 is 0 Å². The maximum absolute atomic E-state index is 12.2. The summed E-state index contributed by atoms with van der Waals surface area (Å²) in [5.41, 5.74) is -0.923. The molecule has 1 aromatic carbocycles. The first-order chi connectivity index (χ1) is 6.68. The fourth-order valence-electron chi connectivity index (χ4n) is 0.989. The van der Waals surface area contributed by atoms with E-state index in [0.29, 0.717) is 12.1 Å². The van der Waals surface area contributed by atoms with Gasteiger partial charge in [0.2, 0.25) is 0 Å². The summed E-state index contributed by atoms with van der Waals surface area (Å²) in [6, 6.07) is 3.28. The smallest absolute Gasteiger partial charge is 0.194 e. The van der Waals surface area contributed by atoms with Crippen LogP contribution in [0.5, 0.6) is 0 Å². The van der Waals surface area contributed by atoms with Crippen molar-refractivity contribution in [2.75, 3.05) is 0 Å². The van der Waals surface area contributed by atoms with E-state index in [1.807, 2.05) is 0 Å². The molecule has 0 bridgehead atoms. The van der Waals surface area contributed by atoms with E-state index in [0.717, 1.165) is 12.1 Å². The maximum atomic E-state index is 12.2. The van der Waals surface area contributed by atoms with Gasteiger partial charge in [0.15, 0.2) is 0 Å². The Morgan fingerprint density at radius 3 is 1.87 bits per heavy atom. The molecule has 0 saturated heterocycles. The molecule has 0 spiro atoms. The van der Waals surface area contributed by atoms with Gasteiger partial charge in [-0.15, -0.1) is 3.89 Å². The van der Waals surface area contributed by atoms with Crippen molar-refractivity contribution < 1.29 is 25.5 Å². The Bertz CT molecular complexity index is 433. The summed E-state index contributed by atoms with van der Waals surface area (Å²) < 4.78 is 68.7. The normalized spacial score (nSPS) is 12.8. The van der Waals surface area contributed by atoms with Crippen LogP contribution in [0, 0.1) is 0 Å². The Labute approximate surface area is 83.7 Å². The van der Waals surface area contributed by atoms with Crippen molar-refractivity contribution >= 4 is 10.2 Å². The molecule has 0 aliphatic heterocycles. The van der Waals surface area contributed by atoms with Gasteiger partial charge in [0.05, 0.1) is 5.56 Å². The number of hydrogen-bond donors (Lipinski definition) is 0. The van der Waals surface area contributed by atoms with Crippen molar-refractivity contribution in [1.29, 1.82) is 0 Å². The predicted octanol–water partition coefficient (Wildman–Crippen LogP) is 2.50. The first-order valence-electron chi connectivity index (χ1n) is 3.77. The number of benzene rings is 1. The van der Waals surface area contributed by atoms with Gasteiger partial charge in [0.25, 0.3) is 0 Å². The van der Waals surface area contributed by atoms with Crippen LogP contribution in [-0.2, 0) is 22.2 Å². The van der Waals surface area contributed by atoms with Crippen LogP contribution in [0.25, 0.3) is 0 Å². The van der Waals surface area contributed by atoms with Crippen LogP contribution in [-0.4, -0.2) is 8.42 Å². The highest BCUT2D eigenvalue weighted by atomic mass is 32.3. The summed E-state index contributed by atoms with van der Waals surface area (Å²) in [7, 11) is -4.71. The predicted molar refractivity (Wildman–Crippen MR) is 45.2 cm³/mol. The van der Waals surface area contributed by atoms with E-state index in [-0.39, 0.29) is 5.56 Å². The van der Waals surface area contributed by atoms with Gasteiger partial charge in [-0.25, -0.2) is 0 Å². The fraction of sp³-hybridized carbons (Fsp3) is 0.250. The minimum atomic E-state index is -4.71. The number of rotatable bonds is 2. The van der Waals surface area contributed by atoms with E-state index in [4.69, 9.17) is 0 Å². The summed E-state index contributed by atoms with van der Waals surface area (Å²) in [4.78, 5) is 0. The molecule has 0 atom stereocenters. The third-order valence-electron chi connectivity index (χ3n) is 1.62. The summed E-state index contributed by atoms with van der Waals surface area (Å²) in [5.74, 6) is -0.912. The zero-order chi connectivity index (χ0) is 11.7. The number of halogens is 4. The Hall–Kier alpha value is -1.11. The average Bonchev–Trinajstić information content (AvgIpc) is 2.00. The second-order valence-corrected chi connectivity index (χ2v) is 4.24. The van der Waals surface area contributed by atoms with Gasteiger partial charge >= 0.3 is 16.4 Å². The molecule has 7 heteroatoms. The molecule has 0 unspecified atom stereocenters. The Morgan fingerprint density at radius 1 is 1.07 bits per heavy atom. The molecular formula is C8H6F4O2S. The van der Waals surface area contributed by atoms with Crippen LogP contribution in [0.3, 0.4) is 0 Å². The van der Waals surface area contributed by atoms with Crippen molar-refractivity contribution in [3.05, 3.63) is 35.4 Å². The lowest BCUT2D eigenvalue weighted by atomic mass is 10.1. The quantitative estimate of drug-likeness (QED) is 0.589. The minimum Gasteiger partial charge on any atom is -0.194 e. The van der Waals surface area contributed by atoms with Gasteiger partial charge in [-0.05, 0) is 17.7 Å². The van der Waals surface area contributed by atoms with Crippen LogP contribution in [0.15, 0.2) is 24.3 Å². The first kappa shape index (κ1) is 12.0. The molecule has 0 aromatic heterocycles. The summed E-state index contributed by atoms with van der Waals surface area (Å²) in [6.07, 6.45) is -4.48. The Kier molecular flexibility index (Phi) is 3.03. The van der Waals surface area contributed by atoms with Gasteiger partial charge in [-0.3, -0.25) is 0 Å². The molecule has 0 saturated carbocycles. The maximum Gasteiger partial charge on any atom is 0.416 e. The second-order valence-electron chi connectivity index (χ2n) is 2.88. The standard InChI is InChI=1S/C8H6F4O2S/c9-8(10,11)7-3-1-6(2-4-7)5-15(12,13)14/h1-4H,5H2. The molecule has 2 nitrogen and oxygen atoms in total. The molecular weight excluding hydrogens is 236 g/mol. The lowest BCUT2D eigenvalue weighted by Crippen LogP contribution is -2.05. The summed E-state index contributed by atoms with van der Waals surface area (Å²) in [6.45, 7) is 0. The van der Waals surface area contributed by atoms with Crippen LogP contribution in [0.4, 0.5) is 17.1 Å². The topological polar surface area (TPSA) is 34.1 Å². The first-order valence-corrected chi connectivity index (χ1v) is 5.32. The van der Waals surface area contributed by atoms with E-state index < -0.39 is 27.7 Å². The van der Waals surface area contributed by atoms with Crippen molar-refractivity contribution in [3.63, 3.8) is 0 Å². The van der Waals surface area contributed by atoms with Gasteiger partial charge in [-0.1, -0.05) is 12.1 Å². The molecule has 0 amide bonds. The van der Waals surface area contributed by atoms with E-state index in [2.05, 4.69) is 0 Å². The van der Waals surface area contributed by atoms with Crippen LogP contribution >= 0.6 is 0 Å². The number of hydrogen-bond acceptors (Lipinski definition) is 2. The SMILES string of the molecule is O=S(=O)(F)Cc1ccc(C(F)(F)F)cc1. The largest absolute Gasteiger partial charge is 0.416 e. The monoisotopic (exact) mass is 242 g/mol. The highest BCUT2D eigenvalue weighted by Gasteiger charge is 2.30. The van der Waals surface area contributed by atoms with Crippen LogP contribution in [0.2, 0.25) is 0 Å². The fourth-order valence-corrected chi connectivity index (χ4v) is 1.58. The minimum absolute atomic E-state index is 0.0227. The molecule has 0 aliphatic rings. The molecule has 0 heterocycles. The molecule has 0 aliphatic carbocycles. The zero-order valence-corrected chi connectivity index (χ0v) is 8.07. The third kappa shape index (κ3) is 3.86. The third-order valence-corrected chi connectivity index (χ3v) is 2.30. The van der Waals surface area contributed by atoms with Crippen molar-refractivity contribution in [3.8, 4) is 0 Å². The average molecular weight is 242 g/mol. The van der Waals surface area contributed by atoms with Crippen LogP contribution < -0.4 is 0 Å². The molecule has 0 N–H and O–H groups in total. The van der Waals surface area contributed by atoms with E-state index >= 15 is 0 Å². The molecule has 0 radical (unpaired) electrons. The lowest BCUT2D eigenvalue weighted by molar-refractivity contribution is -0.137. The molecule has 1 aromatic rings. The highest BCUT2D eigenvalue weighted by Crippen LogP contribution is 2.29. The van der Waals surface area contributed by atoms with E-state index in [1.54, 1.807) is 0 Å². The summed E-state index contributed by atoms with van der Waals surface area (Å²) >= 11 is 0. The summed E-state index contributed by atoms with van der Waals surface area (Å²) in [5, 5.41) is 0. The van der Waals surface area contributed by atoms with E-state index in [9.17, 15) is 25.5 Å². The molecule has 84 valence electrons. The second kappa shape index (κ2) is 3.80. The number of alkyl halides is 3. The van der Waals surface area contributed by atoms with Crippen LogP contribution in [0.1, 0.15) is 11.1 Å².